The quantitative estimate of drug-likeness (QED) is 0.0431. The van der Waals surface area contributed by atoms with Crippen molar-refractivity contribution in [3.8, 4) is 0 Å². The summed E-state index contributed by atoms with van der Waals surface area (Å²) in [5, 5.41) is 24.7. The standard InChI is InChI=1S/C44H54FN11O7/c1-4-53-24-34(41(58)59)40(57)33-21-35(45)38(22-37(33)53)54-17-19-55(20-18-54)44(61)63-27-30-12-14-31(15-13-30)49-23-32(11-8-16-48-42(46)47)56-25-36(51-52-56)39(28(2)3)50-43(60)62-26-29-9-6-5-7-10-29/h5-7,9-10,12-15,21-22,24-25,28,32,39,49H,4,8,11,16-20,23,26-27H2,1-3H3,(H,50,60)(H,58,59)(H4,46,47,48). The number of nitrogens with one attached hydrogen (secondary N) is 2. The Bertz CT molecular complexity index is 2450. The van der Waals surface area contributed by atoms with Crippen molar-refractivity contribution in [2.45, 2.75) is 65.5 Å². The van der Waals surface area contributed by atoms with E-state index in [1.807, 2.05) is 81.6 Å². The first-order valence-corrected chi connectivity index (χ1v) is 20.8. The van der Waals surface area contributed by atoms with Gasteiger partial charge < -0.3 is 51.0 Å². The second kappa shape index (κ2) is 21.1. The third kappa shape index (κ3) is 11.8. The van der Waals surface area contributed by atoms with Gasteiger partial charge >= 0.3 is 18.2 Å². The Hall–Kier alpha value is -7.18. The number of aryl methyl sites for hydroxylation is 1. The number of aromatic carboxylic acids is 1. The van der Waals surface area contributed by atoms with E-state index in [-0.39, 0.29) is 55.3 Å². The maximum Gasteiger partial charge on any atom is 0.410 e. The number of fused-ring (bicyclic) bond motifs is 1. The number of halogens is 1. The van der Waals surface area contributed by atoms with E-state index in [0.717, 1.165) is 22.9 Å². The Balaban J connectivity index is 1.01. The number of carboxylic acids is 1. The Labute approximate surface area is 363 Å². The molecule has 0 spiro atoms. The van der Waals surface area contributed by atoms with Gasteiger partial charge in [0.1, 0.15) is 30.3 Å². The minimum atomic E-state index is -1.37. The fourth-order valence-corrected chi connectivity index (χ4v) is 7.32. The van der Waals surface area contributed by atoms with Gasteiger partial charge in [-0.05, 0) is 61.1 Å². The SMILES string of the molecule is CCn1cc(C(=O)O)c(=O)c2cc(F)c(N3CCN(C(=O)OCc4ccc(NCC(CCCN=C(N)N)n5cc(C(NC(=O)OCc6ccccc6)C(C)C)nn5)cc4)CC3)cc21. The van der Waals surface area contributed by atoms with Crippen molar-refractivity contribution in [2.75, 3.05) is 49.5 Å². The van der Waals surface area contributed by atoms with Crippen LogP contribution in [0.3, 0.4) is 0 Å². The van der Waals surface area contributed by atoms with Crippen LogP contribution < -0.4 is 32.4 Å². The van der Waals surface area contributed by atoms with Crippen molar-refractivity contribution in [1.29, 1.82) is 0 Å². The number of rotatable bonds is 18. The normalized spacial score (nSPS) is 13.7. The molecule has 3 aromatic carbocycles. The van der Waals surface area contributed by atoms with E-state index in [1.54, 1.807) is 25.1 Å². The highest BCUT2D eigenvalue weighted by molar-refractivity contribution is 5.93. The van der Waals surface area contributed by atoms with E-state index in [0.29, 0.717) is 56.8 Å². The molecule has 0 bridgehead atoms. The number of benzene rings is 3. The van der Waals surface area contributed by atoms with Crippen molar-refractivity contribution in [1.82, 2.24) is 29.8 Å². The molecule has 1 aliphatic heterocycles. The highest BCUT2D eigenvalue weighted by Gasteiger charge is 2.27. The fourth-order valence-electron chi connectivity index (χ4n) is 7.32. The predicted molar refractivity (Wildman–Crippen MR) is 236 cm³/mol. The highest BCUT2D eigenvalue weighted by atomic mass is 19.1. The van der Waals surface area contributed by atoms with Gasteiger partial charge in [-0.1, -0.05) is 61.5 Å². The molecule has 2 unspecified atom stereocenters. The zero-order chi connectivity index (χ0) is 45.0. The molecule has 63 heavy (non-hydrogen) atoms. The maximum atomic E-state index is 15.4. The first-order valence-electron chi connectivity index (χ1n) is 20.8. The van der Waals surface area contributed by atoms with E-state index in [1.165, 1.54) is 6.20 Å². The summed E-state index contributed by atoms with van der Waals surface area (Å²) in [5.74, 6) is -2.00. The Morgan fingerprint density at radius 3 is 2.32 bits per heavy atom. The third-order valence-electron chi connectivity index (χ3n) is 10.8. The van der Waals surface area contributed by atoms with Crippen LogP contribution in [0, 0.1) is 11.7 Å². The first kappa shape index (κ1) is 45.3. The van der Waals surface area contributed by atoms with E-state index in [2.05, 4.69) is 25.9 Å². The average Bonchev–Trinajstić information content (AvgIpc) is 3.77. The summed E-state index contributed by atoms with van der Waals surface area (Å²) in [6.45, 7) is 8.49. The van der Waals surface area contributed by atoms with E-state index >= 15 is 4.39 Å². The van der Waals surface area contributed by atoms with Crippen LogP contribution in [-0.2, 0) is 29.2 Å². The second-order valence-corrected chi connectivity index (χ2v) is 15.5. The van der Waals surface area contributed by atoms with Crippen LogP contribution >= 0.6 is 0 Å². The number of piperazine rings is 1. The lowest BCUT2D eigenvalue weighted by Gasteiger charge is -2.35. The maximum absolute atomic E-state index is 15.4. The highest BCUT2D eigenvalue weighted by Crippen LogP contribution is 2.27. The number of nitrogens with zero attached hydrogens (tertiary/aromatic N) is 7. The van der Waals surface area contributed by atoms with E-state index < -0.39 is 41.0 Å². The number of carbonyl (C=O) groups is 3. The van der Waals surface area contributed by atoms with Crippen LogP contribution in [0.1, 0.15) is 72.9 Å². The van der Waals surface area contributed by atoms with Crippen LogP contribution in [0.25, 0.3) is 10.9 Å². The largest absolute Gasteiger partial charge is 0.477 e. The van der Waals surface area contributed by atoms with Crippen LogP contribution in [0.2, 0.25) is 0 Å². The summed E-state index contributed by atoms with van der Waals surface area (Å²) in [6, 6.07) is 19.0. The van der Waals surface area contributed by atoms with Crippen molar-refractivity contribution in [3.05, 3.63) is 118 Å². The third-order valence-corrected chi connectivity index (χ3v) is 10.8. The van der Waals surface area contributed by atoms with Crippen LogP contribution in [0.5, 0.6) is 0 Å². The average molecular weight is 868 g/mol. The number of aromatic nitrogens is 4. The minimum absolute atomic E-state index is 0.00281. The number of carbonyl (C=O) groups excluding carboxylic acids is 2. The number of guanidine groups is 1. The minimum Gasteiger partial charge on any atom is -0.477 e. The molecule has 18 nitrogen and oxygen atoms in total. The molecule has 334 valence electrons. The number of ether oxygens (including phenoxy) is 2. The number of anilines is 2. The second-order valence-electron chi connectivity index (χ2n) is 15.5. The van der Waals surface area contributed by atoms with Crippen molar-refractivity contribution in [3.63, 3.8) is 0 Å². The van der Waals surface area contributed by atoms with E-state index in [9.17, 15) is 24.3 Å². The van der Waals surface area contributed by atoms with Crippen LogP contribution in [-0.4, -0.2) is 93.0 Å². The Morgan fingerprint density at radius 2 is 1.65 bits per heavy atom. The molecule has 1 aliphatic rings. The molecule has 0 saturated carbocycles. The molecule has 2 atom stereocenters. The lowest BCUT2D eigenvalue weighted by Crippen LogP contribution is -2.49. The summed E-state index contributed by atoms with van der Waals surface area (Å²) in [5.41, 5.74) is 13.7. The van der Waals surface area contributed by atoms with Gasteiger partial charge in [-0.15, -0.1) is 5.10 Å². The first-order chi connectivity index (χ1) is 30.3. The number of hydrogen-bond donors (Lipinski definition) is 5. The molecule has 19 heteroatoms. The zero-order valence-corrected chi connectivity index (χ0v) is 35.6. The van der Waals surface area contributed by atoms with Gasteiger partial charge in [0.25, 0.3) is 0 Å². The molecular weight excluding hydrogens is 814 g/mol. The van der Waals surface area contributed by atoms with Gasteiger partial charge in [0.05, 0.1) is 29.5 Å². The van der Waals surface area contributed by atoms with E-state index in [4.69, 9.17) is 20.9 Å². The smallest absolute Gasteiger partial charge is 0.410 e. The lowest BCUT2D eigenvalue weighted by atomic mass is 10.0. The number of amides is 2. The summed E-state index contributed by atoms with van der Waals surface area (Å²) in [6.07, 6.45) is 3.41. The van der Waals surface area contributed by atoms with Crippen LogP contribution in [0.15, 0.2) is 88.9 Å². The molecule has 1 fully saturated rings. The molecule has 6 rings (SSSR count). The topological polar surface area (TPSA) is 238 Å². The van der Waals surface area contributed by atoms with Gasteiger partial charge in [0.15, 0.2) is 5.96 Å². The molecule has 3 heterocycles. The van der Waals surface area contributed by atoms with Gasteiger partial charge in [0, 0.05) is 63.1 Å². The monoisotopic (exact) mass is 867 g/mol. The number of carboxylic acid groups (broad SMARTS) is 1. The summed E-state index contributed by atoms with van der Waals surface area (Å²) >= 11 is 0. The number of pyridine rings is 1. The van der Waals surface area contributed by atoms with Gasteiger partial charge in [-0.3, -0.25) is 9.79 Å². The zero-order valence-electron chi connectivity index (χ0n) is 35.6. The van der Waals surface area contributed by atoms with Crippen LogP contribution in [0.4, 0.5) is 25.4 Å². The van der Waals surface area contributed by atoms with Gasteiger partial charge in [0.2, 0.25) is 5.43 Å². The van der Waals surface area contributed by atoms with Gasteiger partial charge in [-0.2, -0.15) is 0 Å². The fraction of sp³-hybridized carbons (Fsp3) is 0.386. The molecule has 0 radical (unpaired) electrons. The number of nitrogens with two attached hydrogens (primary N) is 2. The molecule has 0 aliphatic carbocycles. The number of hydrogen-bond acceptors (Lipinski definition) is 11. The summed E-state index contributed by atoms with van der Waals surface area (Å²) < 4.78 is 29.8. The van der Waals surface area contributed by atoms with Crippen molar-refractivity contribution >= 4 is 46.4 Å². The Kier molecular flexibility index (Phi) is 15.2. The molecule has 2 amide bonds. The van der Waals surface area contributed by atoms with Gasteiger partial charge in [-0.25, -0.2) is 23.5 Å². The predicted octanol–water partition coefficient (Wildman–Crippen LogP) is 5.24. The van der Waals surface area contributed by atoms with Crippen molar-refractivity contribution in [2.24, 2.45) is 22.4 Å². The molecule has 5 aromatic rings. The Morgan fingerprint density at radius 1 is 0.952 bits per heavy atom. The summed E-state index contributed by atoms with van der Waals surface area (Å²) in [4.78, 5) is 57.6. The lowest BCUT2D eigenvalue weighted by molar-refractivity contribution is 0.0694. The number of aliphatic imine (C=N–C) groups is 1. The van der Waals surface area contributed by atoms with Crippen molar-refractivity contribution < 1.29 is 33.4 Å². The molecule has 2 aromatic heterocycles. The molecular formula is C44H54FN11O7. The molecule has 1 saturated heterocycles. The summed E-state index contributed by atoms with van der Waals surface area (Å²) in [7, 11) is 0. The number of alkyl carbamates (subject to hydrolysis) is 1. The molecule has 7 N–H and O–H groups in total.